The van der Waals surface area contributed by atoms with Gasteiger partial charge >= 0.3 is 0 Å². The van der Waals surface area contributed by atoms with E-state index >= 15 is 0 Å². The number of hydrogen-bond acceptors (Lipinski definition) is 2. The van der Waals surface area contributed by atoms with Crippen molar-refractivity contribution in [3.8, 4) is 5.69 Å². The van der Waals surface area contributed by atoms with Crippen molar-refractivity contribution in [2.75, 3.05) is 10.6 Å². The summed E-state index contributed by atoms with van der Waals surface area (Å²) >= 11 is 0. The summed E-state index contributed by atoms with van der Waals surface area (Å²) in [4.78, 5) is 23.9. The lowest BCUT2D eigenvalue weighted by Crippen LogP contribution is -2.19. The highest BCUT2D eigenvalue weighted by molar-refractivity contribution is 6.02. The molecule has 2 aromatic carbocycles. The summed E-state index contributed by atoms with van der Waals surface area (Å²) in [6.07, 6.45) is 4.56. The van der Waals surface area contributed by atoms with Crippen molar-refractivity contribution in [1.82, 2.24) is 4.57 Å². The number of carbonyl (C=O) groups excluding carboxylic acids is 2. The Morgan fingerprint density at radius 1 is 1.07 bits per heavy atom. The zero-order chi connectivity index (χ0) is 20.4. The molecule has 2 N–H and O–H groups in total. The standard InChI is InChI=1S/C24H23N3O2/c1-16-14-18(17(2)27(16)21-6-4-3-5-7-21)8-12-23(28)25-20-10-11-22-19(15-20)9-13-24(29)26-22/h3-8,10-12,14-15H,9,13H2,1-2H3,(H,25,28)(H,26,29)/b12-8+. The van der Waals surface area contributed by atoms with Gasteiger partial charge in [-0.05, 0) is 73.9 Å². The fraction of sp³-hybridized carbons (Fsp3) is 0.167. The molecule has 29 heavy (non-hydrogen) atoms. The second-order valence-electron chi connectivity index (χ2n) is 7.24. The normalized spacial score (nSPS) is 13.2. The summed E-state index contributed by atoms with van der Waals surface area (Å²) in [6, 6.07) is 17.8. The van der Waals surface area contributed by atoms with Gasteiger partial charge in [-0.3, -0.25) is 9.59 Å². The van der Waals surface area contributed by atoms with Crippen LogP contribution in [0.1, 0.15) is 28.9 Å². The second-order valence-corrected chi connectivity index (χ2v) is 7.24. The highest BCUT2D eigenvalue weighted by Gasteiger charge is 2.15. The number of para-hydroxylation sites is 1. The van der Waals surface area contributed by atoms with Crippen LogP contribution in [0.25, 0.3) is 11.8 Å². The number of carbonyl (C=O) groups is 2. The highest BCUT2D eigenvalue weighted by Crippen LogP contribution is 2.26. The van der Waals surface area contributed by atoms with E-state index in [9.17, 15) is 9.59 Å². The number of fused-ring (bicyclic) bond motifs is 1. The van der Waals surface area contributed by atoms with E-state index in [2.05, 4.69) is 47.2 Å². The Hall–Kier alpha value is -3.60. The SMILES string of the molecule is Cc1cc(/C=C/C(=O)Nc2ccc3c(c2)CCC(=O)N3)c(C)n1-c1ccccc1. The number of rotatable bonds is 4. The largest absolute Gasteiger partial charge is 0.326 e. The summed E-state index contributed by atoms with van der Waals surface area (Å²) < 4.78 is 2.18. The maximum absolute atomic E-state index is 12.4. The number of benzene rings is 2. The van der Waals surface area contributed by atoms with Crippen LogP contribution in [0.3, 0.4) is 0 Å². The van der Waals surface area contributed by atoms with E-state index in [1.807, 2.05) is 36.4 Å². The van der Waals surface area contributed by atoms with E-state index < -0.39 is 0 Å². The molecule has 0 unspecified atom stereocenters. The van der Waals surface area contributed by atoms with E-state index in [0.29, 0.717) is 12.8 Å². The number of nitrogens with one attached hydrogen (secondary N) is 2. The van der Waals surface area contributed by atoms with Gasteiger partial charge in [-0.25, -0.2) is 0 Å². The molecule has 146 valence electrons. The second kappa shape index (κ2) is 7.80. The molecule has 2 heterocycles. The lowest BCUT2D eigenvalue weighted by molar-refractivity contribution is -0.116. The highest BCUT2D eigenvalue weighted by atomic mass is 16.2. The Balaban J connectivity index is 1.49. The van der Waals surface area contributed by atoms with Crippen molar-refractivity contribution in [3.63, 3.8) is 0 Å². The first kappa shape index (κ1) is 18.7. The first-order valence-electron chi connectivity index (χ1n) is 9.67. The third-order valence-electron chi connectivity index (χ3n) is 5.17. The van der Waals surface area contributed by atoms with Crippen LogP contribution in [0.4, 0.5) is 11.4 Å². The Labute approximate surface area is 170 Å². The molecule has 3 aromatic rings. The number of nitrogens with zero attached hydrogens (tertiary/aromatic N) is 1. The minimum absolute atomic E-state index is 0.0327. The van der Waals surface area contributed by atoms with Crippen LogP contribution in [-0.2, 0) is 16.0 Å². The van der Waals surface area contributed by atoms with Gasteiger partial charge in [0.05, 0.1) is 0 Å². The van der Waals surface area contributed by atoms with Crippen LogP contribution in [-0.4, -0.2) is 16.4 Å². The first-order valence-corrected chi connectivity index (χ1v) is 9.67. The number of aromatic nitrogens is 1. The zero-order valence-electron chi connectivity index (χ0n) is 16.5. The van der Waals surface area contributed by atoms with Crippen molar-refractivity contribution in [1.29, 1.82) is 0 Å². The summed E-state index contributed by atoms with van der Waals surface area (Å²) in [5.74, 6) is -0.153. The molecule has 2 amide bonds. The Morgan fingerprint density at radius 2 is 1.86 bits per heavy atom. The topological polar surface area (TPSA) is 63.1 Å². The van der Waals surface area contributed by atoms with Gasteiger partial charge < -0.3 is 15.2 Å². The molecule has 0 spiro atoms. The summed E-state index contributed by atoms with van der Waals surface area (Å²) in [5.41, 5.74) is 6.90. The van der Waals surface area contributed by atoms with Crippen LogP contribution < -0.4 is 10.6 Å². The van der Waals surface area contributed by atoms with E-state index in [-0.39, 0.29) is 11.8 Å². The molecule has 0 saturated carbocycles. The predicted molar refractivity (Wildman–Crippen MR) is 116 cm³/mol. The molecule has 5 heteroatoms. The van der Waals surface area contributed by atoms with Gasteiger partial charge in [0.2, 0.25) is 11.8 Å². The average Bonchev–Trinajstić information content (AvgIpc) is 3.00. The first-order chi connectivity index (χ1) is 14.0. The van der Waals surface area contributed by atoms with Crippen LogP contribution in [0.2, 0.25) is 0 Å². The van der Waals surface area contributed by atoms with Gasteiger partial charge in [0.25, 0.3) is 0 Å². The van der Waals surface area contributed by atoms with E-state index in [0.717, 1.165) is 39.6 Å². The molecule has 0 fully saturated rings. The smallest absolute Gasteiger partial charge is 0.248 e. The van der Waals surface area contributed by atoms with E-state index in [4.69, 9.17) is 0 Å². The quantitative estimate of drug-likeness (QED) is 0.643. The average molecular weight is 385 g/mol. The lowest BCUT2D eigenvalue weighted by Gasteiger charge is -2.17. The van der Waals surface area contributed by atoms with Gasteiger partial charge in [0, 0.05) is 40.9 Å². The fourth-order valence-electron chi connectivity index (χ4n) is 3.74. The third kappa shape index (κ3) is 3.99. The molecule has 0 saturated heterocycles. The summed E-state index contributed by atoms with van der Waals surface area (Å²) in [7, 11) is 0. The minimum Gasteiger partial charge on any atom is -0.326 e. The summed E-state index contributed by atoms with van der Waals surface area (Å²) in [6.45, 7) is 4.11. The molecule has 0 aliphatic carbocycles. The lowest BCUT2D eigenvalue weighted by atomic mass is 10.0. The maximum Gasteiger partial charge on any atom is 0.248 e. The molecule has 0 atom stereocenters. The van der Waals surface area contributed by atoms with Crippen LogP contribution >= 0.6 is 0 Å². The molecular formula is C24H23N3O2. The fourth-order valence-corrected chi connectivity index (χ4v) is 3.74. The molecule has 1 aliphatic heterocycles. The van der Waals surface area contributed by atoms with Gasteiger partial charge in [0.1, 0.15) is 0 Å². The number of aryl methyl sites for hydroxylation is 2. The van der Waals surface area contributed by atoms with Crippen LogP contribution in [0.5, 0.6) is 0 Å². The Bertz CT molecular complexity index is 1110. The van der Waals surface area contributed by atoms with Crippen LogP contribution in [0, 0.1) is 13.8 Å². The molecule has 0 radical (unpaired) electrons. The molecular weight excluding hydrogens is 362 g/mol. The van der Waals surface area contributed by atoms with Crippen molar-refractivity contribution in [2.24, 2.45) is 0 Å². The molecule has 0 bridgehead atoms. The Kier molecular flexibility index (Phi) is 5.04. The van der Waals surface area contributed by atoms with Crippen molar-refractivity contribution in [3.05, 3.63) is 83.2 Å². The number of amides is 2. The van der Waals surface area contributed by atoms with Crippen molar-refractivity contribution < 1.29 is 9.59 Å². The molecule has 1 aromatic heterocycles. The monoisotopic (exact) mass is 385 g/mol. The van der Waals surface area contributed by atoms with Gasteiger partial charge in [-0.15, -0.1) is 0 Å². The molecule has 5 nitrogen and oxygen atoms in total. The number of anilines is 2. The van der Waals surface area contributed by atoms with Gasteiger partial charge in [0.15, 0.2) is 0 Å². The maximum atomic E-state index is 12.4. The summed E-state index contributed by atoms with van der Waals surface area (Å²) in [5, 5.41) is 5.75. The van der Waals surface area contributed by atoms with Crippen LogP contribution in [0.15, 0.2) is 60.7 Å². The zero-order valence-corrected chi connectivity index (χ0v) is 16.5. The van der Waals surface area contributed by atoms with Crippen molar-refractivity contribution in [2.45, 2.75) is 26.7 Å². The van der Waals surface area contributed by atoms with Gasteiger partial charge in [-0.2, -0.15) is 0 Å². The van der Waals surface area contributed by atoms with Gasteiger partial charge in [-0.1, -0.05) is 18.2 Å². The number of hydrogen-bond donors (Lipinski definition) is 2. The third-order valence-corrected chi connectivity index (χ3v) is 5.17. The predicted octanol–water partition coefficient (Wildman–Crippen LogP) is 4.63. The van der Waals surface area contributed by atoms with Crippen molar-refractivity contribution >= 4 is 29.3 Å². The molecule has 4 rings (SSSR count). The van der Waals surface area contributed by atoms with E-state index in [1.165, 1.54) is 0 Å². The molecule has 1 aliphatic rings. The Morgan fingerprint density at radius 3 is 2.66 bits per heavy atom. The minimum atomic E-state index is -0.186. The van der Waals surface area contributed by atoms with E-state index in [1.54, 1.807) is 12.1 Å².